The molecular weight excluding hydrogens is 401 g/mol. The van der Waals surface area contributed by atoms with Gasteiger partial charge in [0.25, 0.3) is 5.91 Å². The van der Waals surface area contributed by atoms with Gasteiger partial charge in [-0.1, -0.05) is 12.1 Å². The predicted octanol–water partition coefficient (Wildman–Crippen LogP) is 3.45. The van der Waals surface area contributed by atoms with Gasteiger partial charge in [-0.05, 0) is 65.1 Å². The summed E-state index contributed by atoms with van der Waals surface area (Å²) in [5.41, 5.74) is 2.59. The van der Waals surface area contributed by atoms with Crippen molar-refractivity contribution < 1.29 is 4.79 Å². The number of benzene rings is 1. The molecule has 0 aliphatic heterocycles. The highest BCUT2D eigenvalue weighted by atomic mass is 127. The van der Waals surface area contributed by atoms with E-state index in [1.165, 1.54) is 0 Å². The van der Waals surface area contributed by atoms with Crippen molar-refractivity contribution in [3.8, 4) is 5.69 Å². The molecule has 0 aliphatic carbocycles. The maximum Gasteiger partial charge on any atom is 0.268 e. The number of hydrogen-bond donors (Lipinski definition) is 1. The first-order valence-electron chi connectivity index (χ1n) is 7.35. The third-order valence-electron chi connectivity index (χ3n) is 3.46. The molecule has 4 nitrogen and oxygen atoms in total. The summed E-state index contributed by atoms with van der Waals surface area (Å²) in [6.45, 7) is 0.563. The SMILES string of the molecule is O=C(NCCc1ccccn1)c1cccn1-c1cccc(I)c1. The number of aromatic nitrogens is 2. The number of hydrogen-bond acceptors (Lipinski definition) is 2. The van der Waals surface area contributed by atoms with E-state index >= 15 is 0 Å². The monoisotopic (exact) mass is 417 g/mol. The van der Waals surface area contributed by atoms with Gasteiger partial charge in [-0.2, -0.15) is 0 Å². The number of pyridine rings is 1. The highest BCUT2D eigenvalue weighted by Crippen LogP contribution is 2.15. The van der Waals surface area contributed by atoms with E-state index in [4.69, 9.17) is 0 Å². The Hall–Kier alpha value is -2.15. The zero-order valence-corrected chi connectivity index (χ0v) is 14.6. The van der Waals surface area contributed by atoms with Gasteiger partial charge in [-0.3, -0.25) is 9.78 Å². The first-order valence-corrected chi connectivity index (χ1v) is 8.43. The van der Waals surface area contributed by atoms with Crippen molar-refractivity contribution in [2.75, 3.05) is 6.54 Å². The van der Waals surface area contributed by atoms with Gasteiger partial charge >= 0.3 is 0 Å². The molecule has 5 heteroatoms. The van der Waals surface area contributed by atoms with Gasteiger partial charge < -0.3 is 9.88 Å². The van der Waals surface area contributed by atoms with Crippen molar-refractivity contribution in [3.63, 3.8) is 0 Å². The third-order valence-corrected chi connectivity index (χ3v) is 4.13. The Labute approximate surface area is 148 Å². The molecule has 0 saturated carbocycles. The summed E-state index contributed by atoms with van der Waals surface area (Å²) in [7, 11) is 0. The molecule has 116 valence electrons. The van der Waals surface area contributed by atoms with E-state index in [1.807, 2.05) is 65.4 Å². The molecule has 0 fully saturated rings. The van der Waals surface area contributed by atoms with Crippen molar-refractivity contribution in [1.29, 1.82) is 0 Å². The summed E-state index contributed by atoms with van der Waals surface area (Å²) in [5, 5.41) is 2.96. The van der Waals surface area contributed by atoms with Crippen molar-refractivity contribution >= 4 is 28.5 Å². The van der Waals surface area contributed by atoms with E-state index in [0.717, 1.165) is 21.4 Å². The molecular formula is C18H16IN3O. The second kappa shape index (κ2) is 7.41. The topological polar surface area (TPSA) is 46.9 Å². The molecule has 0 atom stereocenters. The molecule has 0 aliphatic rings. The van der Waals surface area contributed by atoms with Crippen molar-refractivity contribution in [2.45, 2.75) is 6.42 Å². The van der Waals surface area contributed by atoms with Crippen LogP contribution in [-0.2, 0) is 6.42 Å². The van der Waals surface area contributed by atoms with Crippen LogP contribution in [0.1, 0.15) is 16.2 Å². The molecule has 2 heterocycles. The standard InChI is InChI=1S/C18H16IN3O/c19-14-5-3-7-16(13-14)22-12-4-8-17(22)18(23)21-11-9-15-6-1-2-10-20-15/h1-8,10,12-13H,9,11H2,(H,21,23). The van der Waals surface area contributed by atoms with Crippen LogP contribution < -0.4 is 5.32 Å². The van der Waals surface area contributed by atoms with Crippen LogP contribution in [0.25, 0.3) is 5.69 Å². The predicted molar refractivity (Wildman–Crippen MR) is 98.8 cm³/mol. The Balaban J connectivity index is 1.68. The molecule has 23 heavy (non-hydrogen) atoms. The number of nitrogens with one attached hydrogen (secondary N) is 1. The lowest BCUT2D eigenvalue weighted by Crippen LogP contribution is -2.27. The Morgan fingerprint density at radius 2 is 2.04 bits per heavy atom. The average molecular weight is 417 g/mol. The minimum Gasteiger partial charge on any atom is -0.350 e. The molecule has 1 amide bonds. The van der Waals surface area contributed by atoms with Crippen molar-refractivity contribution in [3.05, 3.63) is 81.9 Å². The number of carbonyl (C=O) groups excluding carboxylic acids is 1. The molecule has 0 saturated heterocycles. The number of nitrogens with zero attached hydrogens (tertiary/aromatic N) is 2. The minimum atomic E-state index is -0.0789. The second-order valence-corrected chi connectivity index (χ2v) is 6.32. The quantitative estimate of drug-likeness (QED) is 0.647. The van der Waals surface area contributed by atoms with Crippen LogP contribution in [-0.4, -0.2) is 22.0 Å². The van der Waals surface area contributed by atoms with E-state index < -0.39 is 0 Å². The fourth-order valence-corrected chi connectivity index (χ4v) is 2.88. The Morgan fingerprint density at radius 1 is 1.13 bits per heavy atom. The van der Waals surface area contributed by atoms with E-state index in [2.05, 4.69) is 32.9 Å². The van der Waals surface area contributed by atoms with Gasteiger partial charge in [0, 0.05) is 40.3 Å². The minimum absolute atomic E-state index is 0.0789. The fraction of sp³-hybridized carbons (Fsp3) is 0.111. The average Bonchev–Trinajstić information content (AvgIpc) is 3.05. The lowest BCUT2D eigenvalue weighted by Gasteiger charge is -2.10. The maximum absolute atomic E-state index is 12.4. The zero-order valence-electron chi connectivity index (χ0n) is 12.4. The van der Waals surface area contributed by atoms with Gasteiger partial charge in [0.2, 0.25) is 0 Å². The van der Waals surface area contributed by atoms with Crippen LogP contribution in [0.2, 0.25) is 0 Å². The number of halogens is 1. The summed E-state index contributed by atoms with van der Waals surface area (Å²) in [6, 6.07) is 17.6. The molecule has 3 rings (SSSR count). The molecule has 0 spiro atoms. The van der Waals surface area contributed by atoms with E-state index in [9.17, 15) is 4.79 Å². The number of rotatable bonds is 5. The van der Waals surface area contributed by atoms with Crippen LogP contribution in [0.4, 0.5) is 0 Å². The third kappa shape index (κ3) is 3.98. The van der Waals surface area contributed by atoms with E-state index in [0.29, 0.717) is 12.2 Å². The smallest absolute Gasteiger partial charge is 0.268 e. The highest BCUT2D eigenvalue weighted by molar-refractivity contribution is 14.1. The highest BCUT2D eigenvalue weighted by Gasteiger charge is 2.11. The second-order valence-electron chi connectivity index (χ2n) is 5.07. The molecule has 1 aromatic carbocycles. The first-order chi connectivity index (χ1) is 11.2. The fourth-order valence-electron chi connectivity index (χ4n) is 2.36. The lowest BCUT2D eigenvalue weighted by molar-refractivity contribution is 0.0947. The number of carbonyl (C=O) groups is 1. The Morgan fingerprint density at radius 3 is 2.83 bits per heavy atom. The molecule has 2 aromatic heterocycles. The van der Waals surface area contributed by atoms with Crippen molar-refractivity contribution in [1.82, 2.24) is 14.9 Å². The molecule has 0 unspecified atom stereocenters. The van der Waals surface area contributed by atoms with Crippen LogP contribution in [0, 0.1) is 3.57 Å². The van der Waals surface area contributed by atoms with Gasteiger partial charge in [0.05, 0.1) is 0 Å². The van der Waals surface area contributed by atoms with Crippen LogP contribution in [0.3, 0.4) is 0 Å². The van der Waals surface area contributed by atoms with Gasteiger partial charge in [-0.15, -0.1) is 0 Å². The largest absolute Gasteiger partial charge is 0.350 e. The Kier molecular flexibility index (Phi) is 5.07. The lowest BCUT2D eigenvalue weighted by atomic mass is 10.2. The van der Waals surface area contributed by atoms with Crippen LogP contribution >= 0.6 is 22.6 Å². The molecule has 0 bridgehead atoms. The van der Waals surface area contributed by atoms with Gasteiger partial charge in [-0.25, -0.2) is 0 Å². The summed E-state index contributed by atoms with van der Waals surface area (Å²) in [6.07, 6.45) is 4.38. The van der Waals surface area contributed by atoms with Crippen molar-refractivity contribution in [2.24, 2.45) is 0 Å². The van der Waals surface area contributed by atoms with Gasteiger partial charge in [0.1, 0.15) is 5.69 Å². The van der Waals surface area contributed by atoms with Crippen LogP contribution in [0.5, 0.6) is 0 Å². The normalized spacial score (nSPS) is 10.5. The van der Waals surface area contributed by atoms with Crippen LogP contribution in [0.15, 0.2) is 67.0 Å². The summed E-state index contributed by atoms with van der Waals surface area (Å²) in [5.74, 6) is -0.0789. The van der Waals surface area contributed by atoms with E-state index in [1.54, 1.807) is 6.20 Å². The van der Waals surface area contributed by atoms with Gasteiger partial charge in [0.15, 0.2) is 0 Å². The first kappa shape index (κ1) is 15.7. The summed E-state index contributed by atoms with van der Waals surface area (Å²) in [4.78, 5) is 16.7. The maximum atomic E-state index is 12.4. The molecule has 0 radical (unpaired) electrons. The Bertz CT molecular complexity index is 799. The molecule has 1 N–H and O–H groups in total. The summed E-state index contributed by atoms with van der Waals surface area (Å²) < 4.78 is 3.04. The zero-order chi connectivity index (χ0) is 16.1. The molecule has 3 aromatic rings. The number of amides is 1. The van der Waals surface area contributed by atoms with E-state index in [-0.39, 0.29) is 5.91 Å². The summed E-state index contributed by atoms with van der Waals surface area (Å²) >= 11 is 2.27.